The Morgan fingerprint density at radius 3 is 2.50 bits per heavy atom. The second-order valence-electron chi connectivity index (χ2n) is 10.5. The maximum absolute atomic E-state index is 12.0. The minimum atomic E-state index is -0.929. The summed E-state index contributed by atoms with van der Waals surface area (Å²) in [6, 6.07) is 0. The fourth-order valence-corrected chi connectivity index (χ4v) is 7.89. The molecule has 8 atom stereocenters. The molecular weight excluding hydrogens is 352 g/mol. The average Bonchev–Trinajstić information content (AvgIpc) is 2.90. The lowest BCUT2D eigenvalue weighted by molar-refractivity contribution is -0.207. The second kappa shape index (κ2) is 6.98. The summed E-state index contributed by atoms with van der Waals surface area (Å²) in [7, 11) is 0. The molecule has 0 aromatic rings. The number of aliphatic carboxylic acids is 1. The average molecular weight is 389 g/mol. The fraction of sp³-hybridized carbons (Fsp3) is 0.792. The first-order valence-corrected chi connectivity index (χ1v) is 11.2. The Balaban J connectivity index is 1.57. The first kappa shape index (κ1) is 20.2. The molecule has 0 bridgehead atoms. The number of carboxylic acid groups (broad SMARTS) is 1. The molecule has 4 saturated carbocycles. The number of aliphatic hydroxyl groups is 2. The van der Waals surface area contributed by atoms with Crippen molar-refractivity contribution in [1.29, 1.82) is 0 Å². The normalized spacial score (nSPS) is 51.1. The number of allylic oxidation sites excluding steroid dienone is 3. The molecule has 4 aliphatic rings. The first-order chi connectivity index (χ1) is 13.2. The van der Waals surface area contributed by atoms with Gasteiger partial charge in [0, 0.05) is 11.5 Å². The molecule has 0 unspecified atom stereocenters. The molecular formula is C24H36O4. The summed E-state index contributed by atoms with van der Waals surface area (Å²) in [5, 5.41) is 31.0. The number of rotatable bonds is 3. The molecule has 4 heteroatoms. The molecule has 4 fully saturated rings. The molecule has 0 spiro atoms. The summed E-state index contributed by atoms with van der Waals surface area (Å²) in [6.07, 6.45) is 15.8. The highest BCUT2D eigenvalue weighted by molar-refractivity contribution is 5.80. The van der Waals surface area contributed by atoms with Gasteiger partial charge in [-0.25, -0.2) is 4.79 Å². The molecule has 0 aromatic heterocycles. The third-order valence-corrected chi connectivity index (χ3v) is 9.59. The van der Waals surface area contributed by atoms with Crippen molar-refractivity contribution in [2.75, 3.05) is 0 Å². The molecule has 0 aromatic carbocycles. The van der Waals surface area contributed by atoms with E-state index in [2.05, 4.69) is 19.9 Å². The summed E-state index contributed by atoms with van der Waals surface area (Å²) in [5.74, 6) is 0.892. The number of aliphatic hydroxyl groups excluding tert-OH is 1. The van der Waals surface area contributed by atoms with Crippen molar-refractivity contribution in [3.63, 3.8) is 0 Å². The maximum atomic E-state index is 12.0. The van der Waals surface area contributed by atoms with Gasteiger partial charge in [-0.05, 0) is 86.9 Å². The van der Waals surface area contributed by atoms with E-state index in [0.717, 1.165) is 57.4 Å². The molecule has 28 heavy (non-hydrogen) atoms. The second-order valence-corrected chi connectivity index (χ2v) is 10.5. The van der Waals surface area contributed by atoms with E-state index in [1.807, 2.05) is 6.08 Å². The van der Waals surface area contributed by atoms with Crippen molar-refractivity contribution < 1.29 is 20.1 Å². The van der Waals surface area contributed by atoms with Crippen LogP contribution in [-0.4, -0.2) is 33.0 Å². The summed E-state index contributed by atoms with van der Waals surface area (Å²) >= 11 is 0. The van der Waals surface area contributed by atoms with E-state index in [0.29, 0.717) is 23.7 Å². The topological polar surface area (TPSA) is 77.8 Å². The van der Waals surface area contributed by atoms with Gasteiger partial charge >= 0.3 is 5.97 Å². The van der Waals surface area contributed by atoms with Crippen LogP contribution >= 0.6 is 0 Å². The zero-order valence-electron chi connectivity index (χ0n) is 17.3. The third kappa shape index (κ3) is 2.90. The maximum Gasteiger partial charge on any atom is 0.328 e. The van der Waals surface area contributed by atoms with E-state index in [9.17, 15) is 15.0 Å². The monoisotopic (exact) mass is 388 g/mol. The standard InChI is InChI=1S/C24H36O4/c1-22-12-10-18(25)15-17(22)7-8-20-19(22)11-13-23(2)16(9-14-24(20,23)28)5-3-4-6-21(26)27/h3-6,16-20,25,28H,7-15H2,1-2H3,(H,26,27)/b5-3+,6-4+/t16-,17+,18-,19-,20+,22-,23+,24-/m0/s1. The Hall–Kier alpha value is -1.13. The Bertz CT molecular complexity index is 684. The Kier molecular flexibility index (Phi) is 5.03. The van der Waals surface area contributed by atoms with Crippen LogP contribution in [0, 0.1) is 34.5 Å². The predicted octanol–water partition coefficient (Wildman–Crippen LogP) is 4.32. The minimum absolute atomic E-state index is 0.126. The van der Waals surface area contributed by atoms with E-state index in [4.69, 9.17) is 5.11 Å². The van der Waals surface area contributed by atoms with Gasteiger partial charge in [-0.3, -0.25) is 0 Å². The van der Waals surface area contributed by atoms with Gasteiger partial charge in [-0.15, -0.1) is 0 Å². The Morgan fingerprint density at radius 1 is 0.964 bits per heavy atom. The number of carbonyl (C=O) groups is 1. The molecule has 0 radical (unpaired) electrons. The van der Waals surface area contributed by atoms with Gasteiger partial charge in [-0.1, -0.05) is 32.1 Å². The number of carboxylic acids is 1. The summed E-state index contributed by atoms with van der Waals surface area (Å²) in [5.41, 5.74) is -0.484. The summed E-state index contributed by atoms with van der Waals surface area (Å²) in [4.78, 5) is 10.7. The zero-order chi connectivity index (χ0) is 20.2. The fourth-order valence-electron chi connectivity index (χ4n) is 7.89. The molecule has 4 aliphatic carbocycles. The van der Waals surface area contributed by atoms with E-state index < -0.39 is 11.6 Å². The minimum Gasteiger partial charge on any atom is -0.478 e. The summed E-state index contributed by atoms with van der Waals surface area (Å²) < 4.78 is 0. The lowest BCUT2D eigenvalue weighted by atomic mass is 9.43. The molecule has 4 rings (SSSR count). The van der Waals surface area contributed by atoms with Crippen LogP contribution in [0.25, 0.3) is 0 Å². The van der Waals surface area contributed by atoms with E-state index >= 15 is 0 Å². The first-order valence-electron chi connectivity index (χ1n) is 11.2. The van der Waals surface area contributed by atoms with Crippen molar-refractivity contribution >= 4 is 5.97 Å². The molecule has 0 saturated heterocycles. The van der Waals surface area contributed by atoms with Gasteiger partial charge in [-0.2, -0.15) is 0 Å². The van der Waals surface area contributed by atoms with Crippen LogP contribution in [0.4, 0.5) is 0 Å². The smallest absolute Gasteiger partial charge is 0.328 e. The van der Waals surface area contributed by atoms with Gasteiger partial charge < -0.3 is 15.3 Å². The van der Waals surface area contributed by atoms with Gasteiger partial charge in [0.15, 0.2) is 0 Å². The number of fused-ring (bicyclic) bond motifs is 5. The molecule has 0 aliphatic heterocycles. The van der Waals surface area contributed by atoms with Crippen LogP contribution < -0.4 is 0 Å². The predicted molar refractivity (Wildman–Crippen MR) is 109 cm³/mol. The zero-order valence-corrected chi connectivity index (χ0v) is 17.3. The van der Waals surface area contributed by atoms with E-state index in [1.165, 1.54) is 6.42 Å². The van der Waals surface area contributed by atoms with Crippen LogP contribution in [0.15, 0.2) is 24.3 Å². The lowest BCUT2D eigenvalue weighted by Gasteiger charge is -2.63. The highest BCUT2D eigenvalue weighted by atomic mass is 16.4. The largest absolute Gasteiger partial charge is 0.478 e. The van der Waals surface area contributed by atoms with E-state index in [1.54, 1.807) is 6.08 Å². The van der Waals surface area contributed by atoms with Gasteiger partial charge in [0.2, 0.25) is 0 Å². The summed E-state index contributed by atoms with van der Waals surface area (Å²) in [6.45, 7) is 4.71. The van der Waals surface area contributed by atoms with Crippen LogP contribution in [0.5, 0.6) is 0 Å². The Morgan fingerprint density at radius 2 is 1.75 bits per heavy atom. The van der Waals surface area contributed by atoms with Crippen molar-refractivity contribution in [2.24, 2.45) is 34.5 Å². The quantitative estimate of drug-likeness (QED) is 0.497. The van der Waals surface area contributed by atoms with Gasteiger partial charge in [0.1, 0.15) is 0 Å². The van der Waals surface area contributed by atoms with E-state index in [-0.39, 0.29) is 16.9 Å². The van der Waals surface area contributed by atoms with Crippen molar-refractivity contribution in [1.82, 2.24) is 0 Å². The Labute approximate surface area is 168 Å². The number of hydrogen-bond acceptors (Lipinski definition) is 3. The van der Waals surface area contributed by atoms with Gasteiger partial charge in [0.25, 0.3) is 0 Å². The SMILES string of the molecule is C[C@]12CC[C@H](O)C[C@H]1CC[C@@H]1[C@@H]2CC[C@]2(C)[C@@H](/C=C/C=C/C(=O)O)CC[C@]12O. The molecule has 3 N–H and O–H groups in total. The third-order valence-electron chi connectivity index (χ3n) is 9.59. The number of hydrogen-bond donors (Lipinski definition) is 3. The van der Waals surface area contributed by atoms with Gasteiger partial charge in [0.05, 0.1) is 11.7 Å². The highest BCUT2D eigenvalue weighted by Crippen LogP contribution is 2.69. The van der Waals surface area contributed by atoms with Crippen LogP contribution in [-0.2, 0) is 4.79 Å². The molecule has 0 amide bonds. The van der Waals surface area contributed by atoms with Crippen LogP contribution in [0.2, 0.25) is 0 Å². The van der Waals surface area contributed by atoms with Crippen molar-refractivity contribution in [2.45, 2.75) is 83.3 Å². The highest BCUT2D eigenvalue weighted by Gasteiger charge is 2.66. The van der Waals surface area contributed by atoms with Crippen molar-refractivity contribution in [3.05, 3.63) is 24.3 Å². The molecule has 156 valence electrons. The lowest BCUT2D eigenvalue weighted by Crippen LogP contribution is -2.62. The van der Waals surface area contributed by atoms with Crippen LogP contribution in [0.3, 0.4) is 0 Å². The molecule has 4 nitrogen and oxygen atoms in total. The van der Waals surface area contributed by atoms with Crippen LogP contribution in [0.1, 0.15) is 71.6 Å². The molecule has 0 heterocycles. The van der Waals surface area contributed by atoms with Crippen molar-refractivity contribution in [3.8, 4) is 0 Å².